The number of nitrogens with zero attached hydrogens (tertiary/aromatic N) is 2. The number of para-hydroxylation sites is 1. The van der Waals surface area contributed by atoms with Crippen molar-refractivity contribution in [2.45, 2.75) is 18.9 Å². The molecule has 4 nitrogen and oxygen atoms in total. The molecule has 134 valence electrons. The molecule has 0 spiro atoms. The van der Waals surface area contributed by atoms with Crippen LogP contribution >= 0.6 is 0 Å². The van der Waals surface area contributed by atoms with Crippen molar-refractivity contribution in [2.24, 2.45) is 0 Å². The van der Waals surface area contributed by atoms with Crippen LogP contribution in [0.5, 0.6) is 0 Å². The maximum Gasteiger partial charge on any atom is 0.414 e. The highest BCUT2D eigenvalue weighted by molar-refractivity contribution is 5.89. The Morgan fingerprint density at radius 1 is 1.00 bits per heavy atom. The predicted octanol–water partition coefficient (Wildman–Crippen LogP) is 4.19. The van der Waals surface area contributed by atoms with Crippen LogP contribution in [0.3, 0.4) is 0 Å². The quantitative estimate of drug-likeness (QED) is 0.812. The van der Waals surface area contributed by atoms with Gasteiger partial charge in [0.05, 0.1) is 6.54 Å². The number of rotatable bonds is 5. The minimum atomic E-state index is -0.230. The van der Waals surface area contributed by atoms with E-state index in [1.54, 1.807) is 4.90 Å². The topological polar surface area (TPSA) is 32.8 Å². The highest BCUT2D eigenvalue weighted by atomic mass is 16.6. The number of benzene rings is 2. The summed E-state index contributed by atoms with van der Waals surface area (Å²) in [7, 11) is 0. The van der Waals surface area contributed by atoms with E-state index in [1.807, 2.05) is 30.3 Å². The second kappa shape index (κ2) is 7.75. The molecule has 26 heavy (non-hydrogen) atoms. The SMILES string of the molecule is O=C1OC(CCN2CC=C(c3ccccc3)CC2)CN1c1ccccc1. The van der Waals surface area contributed by atoms with Crippen LogP contribution in [0.25, 0.3) is 5.57 Å². The van der Waals surface area contributed by atoms with Crippen molar-refractivity contribution in [2.75, 3.05) is 31.1 Å². The van der Waals surface area contributed by atoms with Crippen LogP contribution < -0.4 is 4.90 Å². The minimum Gasteiger partial charge on any atom is -0.444 e. The molecule has 0 aromatic heterocycles. The first-order chi connectivity index (χ1) is 12.8. The number of cyclic esters (lactones) is 1. The van der Waals surface area contributed by atoms with Crippen LogP contribution in [0.2, 0.25) is 0 Å². The van der Waals surface area contributed by atoms with Gasteiger partial charge in [0.25, 0.3) is 0 Å². The Kier molecular flexibility index (Phi) is 5.02. The molecule has 0 aliphatic carbocycles. The lowest BCUT2D eigenvalue weighted by Gasteiger charge is -2.27. The molecule has 4 heteroatoms. The Morgan fingerprint density at radius 2 is 1.73 bits per heavy atom. The van der Waals surface area contributed by atoms with Crippen LogP contribution in [0, 0.1) is 0 Å². The minimum absolute atomic E-state index is 0.0257. The summed E-state index contributed by atoms with van der Waals surface area (Å²) >= 11 is 0. The molecule has 2 aromatic carbocycles. The molecular formula is C22H24N2O2. The first kappa shape index (κ1) is 16.9. The zero-order valence-corrected chi connectivity index (χ0v) is 14.9. The molecule has 1 atom stereocenters. The summed E-state index contributed by atoms with van der Waals surface area (Å²) in [6.45, 7) is 3.62. The lowest BCUT2D eigenvalue weighted by atomic mass is 9.99. The number of carbonyl (C=O) groups excluding carboxylic acids is 1. The summed E-state index contributed by atoms with van der Waals surface area (Å²) in [6, 6.07) is 20.3. The Hall–Kier alpha value is -2.59. The van der Waals surface area contributed by atoms with E-state index in [9.17, 15) is 4.79 Å². The van der Waals surface area contributed by atoms with Gasteiger partial charge in [0.2, 0.25) is 0 Å². The Labute approximate surface area is 154 Å². The van der Waals surface area contributed by atoms with Gasteiger partial charge in [0, 0.05) is 25.3 Å². The van der Waals surface area contributed by atoms with Crippen molar-refractivity contribution in [3.8, 4) is 0 Å². The van der Waals surface area contributed by atoms with Crippen LogP contribution in [-0.4, -0.2) is 43.3 Å². The van der Waals surface area contributed by atoms with Gasteiger partial charge < -0.3 is 4.74 Å². The number of ether oxygens (including phenoxy) is 1. The largest absolute Gasteiger partial charge is 0.444 e. The third-order valence-electron chi connectivity index (χ3n) is 5.15. The van der Waals surface area contributed by atoms with Crippen LogP contribution in [0.15, 0.2) is 66.7 Å². The van der Waals surface area contributed by atoms with Gasteiger partial charge in [0.1, 0.15) is 6.10 Å². The molecule has 1 unspecified atom stereocenters. The summed E-state index contributed by atoms with van der Waals surface area (Å²) in [6.07, 6.45) is 4.03. The standard InChI is InChI=1S/C22H24N2O2/c25-22-24(20-9-5-2-6-10-20)17-21(26-22)13-16-23-14-11-19(12-15-23)18-7-3-1-4-8-18/h1-11,21H,12-17H2. The normalized spacial score (nSPS) is 20.8. The first-order valence-corrected chi connectivity index (χ1v) is 9.29. The fraction of sp³-hybridized carbons (Fsp3) is 0.318. The zero-order valence-electron chi connectivity index (χ0n) is 14.9. The molecular weight excluding hydrogens is 324 g/mol. The molecule has 4 rings (SSSR count). The number of anilines is 1. The van der Waals surface area contributed by atoms with E-state index in [0.29, 0.717) is 6.54 Å². The summed E-state index contributed by atoms with van der Waals surface area (Å²) in [5.41, 5.74) is 3.67. The predicted molar refractivity (Wildman–Crippen MR) is 104 cm³/mol. The average Bonchev–Trinajstić information content (AvgIpc) is 3.09. The molecule has 2 aromatic rings. The molecule has 0 saturated carbocycles. The number of carbonyl (C=O) groups is 1. The molecule has 1 fully saturated rings. The third-order valence-corrected chi connectivity index (χ3v) is 5.15. The smallest absolute Gasteiger partial charge is 0.414 e. The lowest BCUT2D eigenvalue weighted by molar-refractivity contribution is 0.127. The van der Waals surface area contributed by atoms with Gasteiger partial charge in [-0.1, -0.05) is 54.6 Å². The molecule has 0 radical (unpaired) electrons. The maximum absolute atomic E-state index is 12.1. The molecule has 2 heterocycles. The van der Waals surface area contributed by atoms with Crippen LogP contribution in [0.1, 0.15) is 18.4 Å². The van der Waals surface area contributed by atoms with E-state index < -0.39 is 0 Å². The van der Waals surface area contributed by atoms with Gasteiger partial charge in [0.15, 0.2) is 0 Å². The van der Waals surface area contributed by atoms with Crippen LogP contribution in [-0.2, 0) is 4.74 Å². The van der Waals surface area contributed by atoms with Crippen molar-refractivity contribution in [3.63, 3.8) is 0 Å². The number of hydrogen-bond acceptors (Lipinski definition) is 3. The van der Waals surface area contributed by atoms with Gasteiger partial charge >= 0.3 is 6.09 Å². The Bertz CT molecular complexity index is 773. The molecule has 0 N–H and O–H groups in total. The first-order valence-electron chi connectivity index (χ1n) is 9.29. The van der Waals surface area contributed by atoms with Crippen LogP contribution in [0.4, 0.5) is 10.5 Å². The van der Waals surface area contributed by atoms with Crippen molar-refractivity contribution in [1.29, 1.82) is 0 Å². The van der Waals surface area contributed by atoms with Gasteiger partial charge in [-0.05, 0) is 36.1 Å². The second-order valence-corrected chi connectivity index (χ2v) is 6.89. The van der Waals surface area contributed by atoms with E-state index in [2.05, 4.69) is 41.3 Å². The molecule has 1 amide bonds. The third kappa shape index (κ3) is 3.81. The summed E-state index contributed by atoms with van der Waals surface area (Å²) in [5.74, 6) is 0. The molecule has 2 aliphatic heterocycles. The van der Waals surface area contributed by atoms with E-state index in [4.69, 9.17) is 4.74 Å². The molecule has 2 aliphatic rings. The van der Waals surface area contributed by atoms with E-state index >= 15 is 0 Å². The van der Waals surface area contributed by atoms with Crippen molar-refractivity contribution >= 4 is 17.4 Å². The number of hydrogen-bond donors (Lipinski definition) is 0. The van der Waals surface area contributed by atoms with Gasteiger partial charge in [-0.15, -0.1) is 0 Å². The fourth-order valence-electron chi connectivity index (χ4n) is 3.65. The van der Waals surface area contributed by atoms with E-state index in [0.717, 1.165) is 38.2 Å². The molecule has 0 bridgehead atoms. The molecule has 1 saturated heterocycles. The lowest BCUT2D eigenvalue weighted by Crippen LogP contribution is -2.32. The van der Waals surface area contributed by atoms with E-state index in [-0.39, 0.29) is 12.2 Å². The summed E-state index contributed by atoms with van der Waals surface area (Å²) < 4.78 is 5.55. The van der Waals surface area contributed by atoms with Gasteiger partial charge in [-0.2, -0.15) is 0 Å². The summed E-state index contributed by atoms with van der Waals surface area (Å²) in [4.78, 5) is 16.3. The van der Waals surface area contributed by atoms with Crippen molar-refractivity contribution < 1.29 is 9.53 Å². The van der Waals surface area contributed by atoms with Gasteiger partial charge in [-0.25, -0.2) is 4.79 Å². The fourth-order valence-corrected chi connectivity index (χ4v) is 3.65. The van der Waals surface area contributed by atoms with Gasteiger partial charge in [-0.3, -0.25) is 9.80 Å². The monoisotopic (exact) mass is 348 g/mol. The highest BCUT2D eigenvalue weighted by Crippen LogP contribution is 2.24. The van der Waals surface area contributed by atoms with E-state index in [1.165, 1.54) is 11.1 Å². The zero-order chi connectivity index (χ0) is 17.8. The highest BCUT2D eigenvalue weighted by Gasteiger charge is 2.32. The Balaban J connectivity index is 1.28. The van der Waals surface area contributed by atoms with Crippen molar-refractivity contribution in [1.82, 2.24) is 4.90 Å². The van der Waals surface area contributed by atoms with Crippen molar-refractivity contribution in [3.05, 3.63) is 72.3 Å². The maximum atomic E-state index is 12.1. The average molecular weight is 348 g/mol. The second-order valence-electron chi connectivity index (χ2n) is 6.89. The Morgan fingerprint density at radius 3 is 2.42 bits per heavy atom. The number of amides is 1. The summed E-state index contributed by atoms with van der Waals surface area (Å²) in [5, 5.41) is 0.